The minimum absolute atomic E-state index is 0.0796. The molecule has 3 rings (SSSR count). The molecule has 2 aromatic rings. The van der Waals surface area contributed by atoms with Gasteiger partial charge in [-0.3, -0.25) is 0 Å². The lowest BCUT2D eigenvalue weighted by Gasteiger charge is -2.40. The largest absolute Gasteiger partial charge is 0.373 e. The Balaban J connectivity index is 2.01. The molecule has 1 fully saturated rings. The summed E-state index contributed by atoms with van der Waals surface area (Å²) in [5.41, 5.74) is 1.83. The van der Waals surface area contributed by atoms with E-state index in [2.05, 4.69) is 22.8 Å². The monoisotopic (exact) mass is 379 g/mol. The third kappa shape index (κ3) is 5.02. The zero-order valence-corrected chi connectivity index (χ0v) is 16.7. The molecule has 0 amide bonds. The third-order valence-electron chi connectivity index (χ3n) is 5.05. The van der Waals surface area contributed by atoms with E-state index < -0.39 is 5.60 Å². The number of halogens is 1. The van der Waals surface area contributed by atoms with E-state index in [1.165, 1.54) is 0 Å². The van der Waals surface area contributed by atoms with Crippen molar-refractivity contribution in [2.45, 2.75) is 24.9 Å². The van der Waals surface area contributed by atoms with Crippen LogP contribution in [0.15, 0.2) is 60.2 Å². The number of nitrogens with zero attached hydrogens (tertiary/aromatic N) is 1. The fourth-order valence-electron chi connectivity index (χ4n) is 3.68. The molecule has 0 saturated heterocycles. The summed E-state index contributed by atoms with van der Waals surface area (Å²) in [5, 5.41) is 12.4. The van der Waals surface area contributed by atoms with Crippen LogP contribution < -0.4 is 0 Å². The minimum Gasteiger partial charge on any atom is -0.373 e. The van der Waals surface area contributed by atoms with Crippen LogP contribution in [0.1, 0.15) is 30.4 Å². The maximum Gasteiger partial charge on any atom is 0.151 e. The highest BCUT2D eigenvalue weighted by Crippen LogP contribution is 2.39. The second-order valence-corrected chi connectivity index (χ2v) is 7.89. The summed E-state index contributed by atoms with van der Waals surface area (Å²) in [6.07, 6.45) is 4.97. The van der Waals surface area contributed by atoms with Gasteiger partial charge in [-0.1, -0.05) is 59.8 Å². The molecule has 2 nitrogen and oxygen atoms in total. The maximum absolute atomic E-state index is 11.7. The first kappa shape index (κ1) is 19.7. The lowest BCUT2D eigenvalue weighted by atomic mass is 9.71. The van der Waals surface area contributed by atoms with E-state index in [0.29, 0.717) is 5.02 Å². The van der Waals surface area contributed by atoms with E-state index >= 15 is 0 Å². The number of benzene rings is 2. The van der Waals surface area contributed by atoms with Gasteiger partial charge in [0.05, 0.1) is 0 Å². The summed E-state index contributed by atoms with van der Waals surface area (Å²) in [4.78, 5) is 2.13. The van der Waals surface area contributed by atoms with E-state index in [1.54, 1.807) is 0 Å². The molecule has 1 aliphatic carbocycles. The van der Waals surface area contributed by atoms with Crippen molar-refractivity contribution in [1.82, 2.24) is 4.90 Å². The molecule has 0 spiro atoms. The summed E-state index contributed by atoms with van der Waals surface area (Å²) < 4.78 is 0. The second-order valence-electron chi connectivity index (χ2n) is 7.45. The average molecular weight is 380 g/mol. The highest BCUT2D eigenvalue weighted by Gasteiger charge is 2.41. The first-order chi connectivity index (χ1) is 13.0. The van der Waals surface area contributed by atoms with Gasteiger partial charge in [0.2, 0.25) is 0 Å². The standard InChI is InChI=1S/C24H26ClNO/c1-26(2)18-22-10-6-9-21(17-20-11-13-23(25)14-12-20)24(22,27)16-15-19-7-4-3-5-8-19/h3-5,7-8,11-14,17,22,27H,6,9-10,18H2,1-2H3/b21-17+. The fraction of sp³-hybridized carbons (Fsp3) is 0.333. The second kappa shape index (κ2) is 8.76. The van der Waals surface area contributed by atoms with Gasteiger partial charge in [0.25, 0.3) is 0 Å². The van der Waals surface area contributed by atoms with Crippen LogP contribution in [-0.4, -0.2) is 36.2 Å². The molecule has 0 aliphatic heterocycles. The molecule has 2 unspecified atom stereocenters. The van der Waals surface area contributed by atoms with Crippen molar-refractivity contribution in [1.29, 1.82) is 0 Å². The Bertz CT molecular complexity index is 845. The lowest BCUT2D eigenvalue weighted by molar-refractivity contribution is 0.0374. The molecule has 27 heavy (non-hydrogen) atoms. The van der Waals surface area contributed by atoms with Crippen LogP contribution in [0, 0.1) is 17.8 Å². The Hall–Kier alpha value is -2.05. The van der Waals surface area contributed by atoms with Crippen LogP contribution in [0.25, 0.3) is 6.08 Å². The van der Waals surface area contributed by atoms with Crippen molar-refractivity contribution in [2.24, 2.45) is 5.92 Å². The molecule has 0 bridgehead atoms. The van der Waals surface area contributed by atoms with Gasteiger partial charge >= 0.3 is 0 Å². The van der Waals surface area contributed by atoms with E-state index in [1.807, 2.05) is 68.7 Å². The zero-order chi connectivity index (χ0) is 19.3. The molecule has 3 heteroatoms. The van der Waals surface area contributed by atoms with Crippen molar-refractivity contribution in [3.63, 3.8) is 0 Å². The first-order valence-corrected chi connectivity index (χ1v) is 9.77. The molecule has 2 atom stereocenters. The summed E-state index contributed by atoms with van der Waals surface area (Å²) >= 11 is 6.01. The average Bonchev–Trinajstić information content (AvgIpc) is 2.66. The quantitative estimate of drug-likeness (QED) is 0.769. The Morgan fingerprint density at radius 1 is 1.15 bits per heavy atom. The lowest BCUT2D eigenvalue weighted by Crippen LogP contribution is -2.46. The van der Waals surface area contributed by atoms with Gasteiger partial charge in [0, 0.05) is 23.0 Å². The third-order valence-corrected chi connectivity index (χ3v) is 5.30. The number of hydrogen-bond acceptors (Lipinski definition) is 2. The molecular formula is C24H26ClNO. The van der Waals surface area contributed by atoms with Crippen molar-refractivity contribution >= 4 is 17.7 Å². The zero-order valence-electron chi connectivity index (χ0n) is 16.0. The normalized spacial score (nSPS) is 23.9. The Labute approximate surface area is 167 Å². The van der Waals surface area contributed by atoms with E-state index in [9.17, 15) is 5.11 Å². The van der Waals surface area contributed by atoms with Crippen LogP contribution in [0.5, 0.6) is 0 Å². The number of hydrogen-bond donors (Lipinski definition) is 1. The van der Waals surface area contributed by atoms with Gasteiger partial charge in [0.15, 0.2) is 5.60 Å². The Morgan fingerprint density at radius 3 is 2.52 bits per heavy atom. The summed E-state index contributed by atoms with van der Waals surface area (Å²) in [6.45, 7) is 0.803. The van der Waals surface area contributed by atoms with E-state index in [-0.39, 0.29) is 5.92 Å². The highest BCUT2D eigenvalue weighted by atomic mass is 35.5. The van der Waals surface area contributed by atoms with Crippen LogP contribution >= 0.6 is 11.6 Å². The molecule has 0 heterocycles. The summed E-state index contributed by atoms with van der Waals surface area (Å²) in [6, 6.07) is 17.6. The Morgan fingerprint density at radius 2 is 1.85 bits per heavy atom. The van der Waals surface area contributed by atoms with Crippen molar-refractivity contribution < 1.29 is 5.11 Å². The van der Waals surface area contributed by atoms with Crippen LogP contribution in [0.2, 0.25) is 5.02 Å². The van der Waals surface area contributed by atoms with Crippen LogP contribution in [0.4, 0.5) is 0 Å². The van der Waals surface area contributed by atoms with E-state index in [0.717, 1.165) is 42.5 Å². The van der Waals surface area contributed by atoms with Gasteiger partial charge in [-0.25, -0.2) is 0 Å². The van der Waals surface area contributed by atoms with Gasteiger partial charge in [-0.15, -0.1) is 0 Å². The molecule has 1 N–H and O–H groups in total. The highest BCUT2D eigenvalue weighted by molar-refractivity contribution is 6.30. The Kier molecular flexibility index (Phi) is 6.39. The first-order valence-electron chi connectivity index (χ1n) is 9.39. The molecular weight excluding hydrogens is 354 g/mol. The molecule has 140 valence electrons. The topological polar surface area (TPSA) is 23.5 Å². The predicted octanol–water partition coefficient (Wildman–Crippen LogP) is 4.87. The van der Waals surface area contributed by atoms with Crippen LogP contribution in [0.3, 0.4) is 0 Å². The van der Waals surface area contributed by atoms with Gasteiger partial charge in [-0.2, -0.15) is 0 Å². The molecule has 1 saturated carbocycles. The SMILES string of the molecule is CN(C)CC1CCC/C(=C\c2ccc(Cl)cc2)C1(O)C#Cc1ccccc1. The maximum atomic E-state index is 11.7. The molecule has 0 aromatic heterocycles. The van der Waals surface area contributed by atoms with Crippen molar-refractivity contribution in [3.8, 4) is 11.8 Å². The van der Waals surface area contributed by atoms with Crippen LogP contribution in [-0.2, 0) is 0 Å². The predicted molar refractivity (Wildman–Crippen MR) is 114 cm³/mol. The smallest absolute Gasteiger partial charge is 0.151 e. The minimum atomic E-state index is -1.13. The van der Waals surface area contributed by atoms with Crippen molar-refractivity contribution in [2.75, 3.05) is 20.6 Å². The number of aliphatic hydroxyl groups is 1. The number of rotatable bonds is 3. The van der Waals surface area contributed by atoms with E-state index in [4.69, 9.17) is 11.6 Å². The summed E-state index contributed by atoms with van der Waals surface area (Å²) in [7, 11) is 4.09. The fourth-order valence-corrected chi connectivity index (χ4v) is 3.80. The molecule has 1 aliphatic rings. The summed E-state index contributed by atoms with van der Waals surface area (Å²) in [5.74, 6) is 6.52. The van der Waals surface area contributed by atoms with Gasteiger partial charge in [0.1, 0.15) is 0 Å². The molecule has 0 radical (unpaired) electrons. The van der Waals surface area contributed by atoms with Gasteiger partial charge in [-0.05, 0) is 68.8 Å². The van der Waals surface area contributed by atoms with Gasteiger partial charge < -0.3 is 10.0 Å². The van der Waals surface area contributed by atoms with Crippen molar-refractivity contribution in [3.05, 3.63) is 76.3 Å². The molecule has 2 aromatic carbocycles.